The fourth-order valence-electron chi connectivity index (χ4n) is 2.23. The molecular weight excluding hydrogens is 226 g/mol. The fourth-order valence-corrected chi connectivity index (χ4v) is 2.23. The quantitative estimate of drug-likeness (QED) is 0.750. The molecule has 3 heteroatoms. The summed E-state index contributed by atoms with van der Waals surface area (Å²) in [5, 5.41) is 9.57. The minimum atomic E-state index is -0.894. The van der Waals surface area contributed by atoms with Gasteiger partial charge < -0.3 is 5.11 Å². The zero-order valence-electron chi connectivity index (χ0n) is 11.5. The lowest BCUT2D eigenvalue weighted by molar-refractivity contribution is -0.145. The second kappa shape index (κ2) is 6.53. The molecular formula is C15H23NO2. The first-order valence-electron chi connectivity index (χ1n) is 6.68. The van der Waals surface area contributed by atoms with Crippen molar-refractivity contribution in [3.8, 4) is 0 Å². The van der Waals surface area contributed by atoms with Crippen LogP contribution in [0.1, 0.15) is 52.1 Å². The molecule has 100 valence electrons. The Morgan fingerprint density at radius 3 is 2.67 bits per heavy atom. The van der Waals surface area contributed by atoms with Gasteiger partial charge in [0, 0.05) is 6.20 Å². The molecule has 3 nitrogen and oxygen atoms in total. The predicted molar refractivity (Wildman–Crippen MR) is 72.5 cm³/mol. The van der Waals surface area contributed by atoms with Crippen LogP contribution in [-0.2, 0) is 10.2 Å². The SMILES string of the molecule is CCCCCC(C)C(C)(C(=O)O)c1ccccn1. The summed E-state index contributed by atoms with van der Waals surface area (Å²) in [7, 11) is 0. The molecule has 0 aliphatic rings. The molecule has 0 amide bonds. The molecule has 0 fully saturated rings. The summed E-state index contributed by atoms with van der Waals surface area (Å²) in [5.74, 6) is -0.707. The molecule has 1 N–H and O–H groups in total. The highest BCUT2D eigenvalue weighted by molar-refractivity contribution is 5.80. The molecule has 1 heterocycles. The highest BCUT2D eigenvalue weighted by Gasteiger charge is 2.41. The van der Waals surface area contributed by atoms with Crippen LogP contribution in [0.25, 0.3) is 0 Å². The Morgan fingerprint density at radius 1 is 1.44 bits per heavy atom. The molecule has 0 spiro atoms. The van der Waals surface area contributed by atoms with E-state index in [1.165, 1.54) is 0 Å². The van der Waals surface area contributed by atoms with Crippen molar-refractivity contribution in [1.29, 1.82) is 0 Å². The lowest BCUT2D eigenvalue weighted by atomic mass is 9.73. The van der Waals surface area contributed by atoms with Gasteiger partial charge in [-0.2, -0.15) is 0 Å². The monoisotopic (exact) mass is 249 g/mol. The molecule has 0 aromatic carbocycles. The van der Waals surface area contributed by atoms with Gasteiger partial charge in [0.1, 0.15) is 5.41 Å². The summed E-state index contributed by atoms with van der Waals surface area (Å²) in [6.45, 7) is 5.95. The number of aromatic nitrogens is 1. The smallest absolute Gasteiger partial charge is 0.315 e. The average molecular weight is 249 g/mol. The third-order valence-electron chi connectivity index (χ3n) is 3.87. The standard InChI is InChI=1S/C15H23NO2/c1-4-5-6-9-12(2)15(3,14(17)18)13-10-7-8-11-16-13/h7-8,10-12H,4-6,9H2,1-3H3,(H,17,18). The molecule has 2 unspecified atom stereocenters. The van der Waals surface area contributed by atoms with Gasteiger partial charge >= 0.3 is 5.97 Å². The van der Waals surface area contributed by atoms with Crippen LogP contribution < -0.4 is 0 Å². The van der Waals surface area contributed by atoms with Gasteiger partial charge in [0.2, 0.25) is 0 Å². The minimum absolute atomic E-state index is 0.0800. The van der Waals surface area contributed by atoms with E-state index in [9.17, 15) is 9.90 Å². The molecule has 0 bridgehead atoms. The summed E-state index contributed by atoms with van der Waals surface area (Å²) in [6.07, 6.45) is 5.97. The zero-order valence-corrected chi connectivity index (χ0v) is 11.5. The van der Waals surface area contributed by atoms with Crippen molar-refractivity contribution < 1.29 is 9.90 Å². The van der Waals surface area contributed by atoms with Crippen molar-refractivity contribution in [2.45, 2.75) is 51.9 Å². The highest BCUT2D eigenvalue weighted by Crippen LogP contribution is 2.34. The lowest BCUT2D eigenvalue weighted by Gasteiger charge is -2.31. The third kappa shape index (κ3) is 3.09. The van der Waals surface area contributed by atoms with E-state index in [0.717, 1.165) is 25.7 Å². The summed E-state index contributed by atoms with van der Waals surface area (Å²) < 4.78 is 0. The summed E-state index contributed by atoms with van der Waals surface area (Å²) in [5.41, 5.74) is -0.240. The van der Waals surface area contributed by atoms with Crippen molar-refractivity contribution in [3.05, 3.63) is 30.1 Å². The topological polar surface area (TPSA) is 50.2 Å². The number of pyridine rings is 1. The highest BCUT2D eigenvalue weighted by atomic mass is 16.4. The zero-order chi connectivity index (χ0) is 13.6. The van der Waals surface area contributed by atoms with Crippen LogP contribution in [0.2, 0.25) is 0 Å². The number of nitrogens with zero attached hydrogens (tertiary/aromatic N) is 1. The van der Waals surface area contributed by atoms with E-state index >= 15 is 0 Å². The summed E-state index contributed by atoms with van der Waals surface area (Å²) >= 11 is 0. The number of aliphatic carboxylic acids is 1. The van der Waals surface area contributed by atoms with Crippen LogP contribution in [0.15, 0.2) is 24.4 Å². The number of unbranched alkanes of at least 4 members (excludes halogenated alkanes) is 2. The van der Waals surface area contributed by atoms with Gasteiger partial charge in [-0.25, -0.2) is 0 Å². The van der Waals surface area contributed by atoms with Gasteiger partial charge in [0.15, 0.2) is 0 Å². The molecule has 1 aromatic rings. The van der Waals surface area contributed by atoms with Gasteiger partial charge in [0.25, 0.3) is 0 Å². The van der Waals surface area contributed by atoms with Crippen molar-refractivity contribution in [2.24, 2.45) is 5.92 Å². The number of hydrogen-bond acceptors (Lipinski definition) is 2. The normalized spacial score (nSPS) is 15.9. The number of hydrogen-bond donors (Lipinski definition) is 1. The van der Waals surface area contributed by atoms with E-state index in [1.54, 1.807) is 13.1 Å². The number of rotatable bonds is 7. The molecule has 1 aromatic heterocycles. The van der Waals surface area contributed by atoms with Crippen LogP contribution in [0.4, 0.5) is 0 Å². The third-order valence-corrected chi connectivity index (χ3v) is 3.87. The average Bonchev–Trinajstić information content (AvgIpc) is 2.38. The number of carbonyl (C=O) groups is 1. The molecule has 0 aliphatic carbocycles. The molecule has 0 aliphatic heterocycles. The summed E-state index contributed by atoms with van der Waals surface area (Å²) in [4.78, 5) is 15.9. The molecule has 2 atom stereocenters. The molecule has 0 radical (unpaired) electrons. The Kier molecular flexibility index (Phi) is 5.32. The van der Waals surface area contributed by atoms with Crippen molar-refractivity contribution in [3.63, 3.8) is 0 Å². The summed E-state index contributed by atoms with van der Waals surface area (Å²) in [6, 6.07) is 5.47. The van der Waals surface area contributed by atoms with Crippen LogP contribution >= 0.6 is 0 Å². The molecule has 0 saturated heterocycles. The van der Waals surface area contributed by atoms with Gasteiger partial charge in [0.05, 0.1) is 5.69 Å². The Labute approximate surface area is 109 Å². The van der Waals surface area contributed by atoms with E-state index < -0.39 is 11.4 Å². The van der Waals surface area contributed by atoms with Crippen LogP contribution in [0, 0.1) is 5.92 Å². The molecule has 18 heavy (non-hydrogen) atoms. The Morgan fingerprint density at radius 2 is 2.17 bits per heavy atom. The number of carboxylic acids is 1. The van der Waals surface area contributed by atoms with Gasteiger partial charge in [-0.1, -0.05) is 39.2 Å². The largest absolute Gasteiger partial charge is 0.481 e. The van der Waals surface area contributed by atoms with Gasteiger partial charge in [-0.05, 0) is 31.4 Å². The van der Waals surface area contributed by atoms with Crippen molar-refractivity contribution in [1.82, 2.24) is 4.98 Å². The van der Waals surface area contributed by atoms with E-state index in [0.29, 0.717) is 5.69 Å². The van der Waals surface area contributed by atoms with E-state index in [-0.39, 0.29) is 5.92 Å². The second-order valence-corrected chi connectivity index (χ2v) is 5.12. The predicted octanol–water partition coefficient (Wildman–Crippen LogP) is 3.64. The first-order valence-corrected chi connectivity index (χ1v) is 6.68. The Bertz CT molecular complexity index is 377. The van der Waals surface area contributed by atoms with E-state index in [4.69, 9.17) is 0 Å². The first kappa shape index (κ1) is 14.7. The fraction of sp³-hybridized carbons (Fsp3) is 0.600. The second-order valence-electron chi connectivity index (χ2n) is 5.12. The van der Waals surface area contributed by atoms with Crippen molar-refractivity contribution >= 4 is 5.97 Å². The Balaban J connectivity index is 2.90. The molecule has 1 rings (SSSR count). The van der Waals surface area contributed by atoms with Crippen molar-refractivity contribution in [2.75, 3.05) is 0 Å². The molecule has 0 saturated carbocycles. The maximum atomic E-state index is 11.7. The van der Waals surface area contributed by atoms with Crippen LogP contribution in [-0.4, -0.2) is 16.1 Å². The van der Waals surface area contributed by atoms with Crippen LogP contribution in [0.3, 0.4) is 0 Å². The number of carboxylic acid groups (broad SMARTS) is 1. The maximum absolute atomic E-state index is 11.7. The van der Waals surface area contributed by atoms with Crippen LogP contribution in [0.5, 0.6) is 0 Å². The maximum Gasteiger partial charge on any atom is 0.315 e. The minimum Gasteiger partial charge on any atom is -0.481 e. The lowest BCUT2D eigenvalue weighted by Crippen LogP contribution is -2.39. The van der Waals surface area contributed by atoms with E-state index in [2.05, 4.69) is 11.9 Å². The van der Waals surface area contributed by atoms with Gasteiger partial charge in [-0.3, -0.25) is 9.78 Å². The van der Waals surface area contributed by atoms with E-state index in [1.807, 2.05) is 25.1 Å². The first-order chi connectivity index (χ1) is 8.53. The van der Waals surface area contributed by atoms with Gasteiger partial charge in [-0.15, -0.1) is 0 Å². The Hall–Kier alpha value is -1.38.